The lowest BCUT2D eigenvalue weighted by atomic mass is 10.0. The van der Waals surface area contributed by atoms with Crippen LogP contribution < -0.4 is 15.5 Å². The van der Waals surface area contributed by atoms with Crippen molar-refractivity contribution >= 4 is 11.6 Å². The summed E-state index contributed by atoms with van der Waals surface area (Å²) in [5.74, 6) is 1.42. The average Bonchev–Trinajstić information content (AvgIpc) is 3.37. The molecule has 5 heteroatoms. The molecule has 2 N–H and O–H groups in total. The molecule has 1 amide bonds. The van der Waals surface area contributed by atoms with Crippen molar-refractivity contribution < 1.29 is 4.79 Å². The Hall–Kier alpha value is -2.40. The van der Waals surface area contributed by atoms with Crippen molar-refractivity contribution in [3.63, 3.8) is 0 Å². The van der Waals surface area contributed by atoms with E-state index in [-0.39, 0.29) is 11.9 Å². The topological polar surface area (TPSA) is 57.3 Å². The highest BCUT2D eigenvalue weighted by Gasteiger charge is 2.36. The van der Waals surface area contributed by atoms with E-state index < -0.39 is 0 Å². The number of hydrogen-bond acceptors (Lipinski definition) is 4. The number of carbonyl (C=O) groups is 1. The molecule has 3 aliphatic rings. The molecular formula is C21H24N4O. The zero-order valence-electron chi connectivity index (χ0n) is 14.8. The van der Waals surface area contributed by atoms with Crippen molar-refractivity contribution in [2.45, 2.75) is 18.9 Å². The summed E-state index contributed by atoms with van der Waals surface area (Å²) in [6.45, 7) is 4.33. The molecule has 5 rings (SSSR count). The van der Waals surface area contributed by atoms with Crippen LogP contribution in [0.4, 0.5) is 5.69 Å². The molecule has 5 nitrogen and oxygen atoms in total. The number of pyridine rings is 1. The summed E-state index contributed by atoms with van der Waals surface area (Å²) in [6, 6.07) is 10.5. The first-order valence-electron chi connectivity index (χ1n) is 9.57. The molecule has 2 fully saturated rings. The zero-order chi connectivity index (χ0) is 17.5. The number of amides is 1. The van der Waals surface area contributed by atoms with Crippen molar-refractivity contribution in [2.75, 3.05) is 31.1 Å². The predicted molar refractivity (Wildman–Crippen MR) is 101 cm³/mol. The number of aryl methyl sites for hydroxylation is 1. The van der Waals surface area contributed by atoms with Gasteiger partial charge in [-0.15, -0.1) is 0 Å². The standard InChI is InChI=1S/C21H24N4O/c26-21(24-20-6-5-14-3-1-2-4-19(14)20)15-7-18(11-23-8-15)25-12-16-9-22-10-17(16)13-25/h1-4,7-8,11,16-17,20,22H,5-6,9-10,12-13H2,(H,24,26)/t16-,17+,20?. The monoisotopic (exact) mass is 348 g/mol. The van der Waals surface area contributed by atoms with Crippen LogP contribution >= 0.6 is 0 Å². The molecule has 0 bridgehead atoms. The summed E-state index contributed by atoms with van der Waals surface area (Å²) >= 11 is 0. The number of aromatic nitrogens is 1. The van der Waals surface area contributed by atoms with Crippen LogP contribution in [0.5, 0.6) is 0 Å². The molecule has 134 valence electrons. The first-order chi connectivity index (χ1) is 12.8. The van der Waals surface area contributed by atoms with Gasteiger partial charge in [-0.05, 0) is 41.9 Å². The average molecular weight is 348 g/mol. The maximum atomic E-state index is 12.8. The van der Waals surface area contributed by atoms with E-state index in [4.69, 9.17) is 0 Å². The van der Waals surface area contributed by atoms with Crippen LogP contribution in [0, 0.1) is 11.8 Å². The highest BCUT2D eigenvalue weighted by atomic mass is 16.1. The molecule has 1 aromatic carbocycles. The van der Waals surface area contributed by atoms with E-state index in [0.717, 1.165) is 56.5 Å². The van der Waals surface area contributed by atoms with Gasteiger partial charge in [-0.2, -0.15) is 0 Å². The number of nitrogens with one attached hydrogen (secondary N) is 2. The largest absolute Gasteiger partial charge is 0.370 e. The van der Waals surface area contributed by atoms with Gasteiger partial charge in [-0.1, -0.05) is 24.3 Å². The molecule has 1 aliphatic carbocycles. The third kappa shape index (κ3) is 2.76. The van der Waals surface area contributed by atoms with Crippen molar-refractivity contribution in [2.24, 2.45) is 11.8 Å². The minimum absolute atomic E-state index is 0.0258. The third-order valence-electron chi connectivity index (χ3n) is 6.18. The van der Waals surface area contributed by atoms with Gasteiger partial charge in [0.15, 0.2) is 0 Å². The van der Waals surface area contributed by atoms with Crippen molar-refractivity contribution in [3.05, 3.63) is 59.4 Å². The molecule has 1 unspecified atom stereocenters. The summed E-state index contributed by atoms with van der Waals surface area (Å²) in [5, 5.41) is 6.67. The number of rotatable bonds is 3. The second-order valence-electron chi connectivity index (χ2n) is 7.78. The second-order valence-corrected chi connectivity index (χ2v) is 7.78. The fourth-order valence-corrected chi connectivity index (χ4v) is 4.74. The van der Waals surface area contributed by atoms with Crippen molar-refractivity contribution in [1.82, 2.24) is 15.6 Å². The Morgan fingerprint density at radius 2 is 1.96 bits per heavy atom. The molecule has 3 heterocycles. The smallest absolute Gasteiger partial charge is 0.253 e. The highest BCUT2D eigenvalue weighted by Crippen LogP contribution is 2.32. The van der Waals surface area contributed by atoms with Gasteiger partial charge < -0.3 is 15.5 Å². The van der Waals surface area contributed by atoms with Crippen molar-refractivity contribution in [3.8, 4) is 0 Å². The SMILES string of the molecule is O=C(NC1CCc2ccccc21)c1cncc(N2C[C@H]3CNC[C@H]3C2)c1. The Balaban J connectivity index is 1.31. The lowest BCUT2D eigenvalue weighted by Crippen LogP contribution is -2.28. The quantitative estimate of drug-likeness (QED) is 0.892. The fraction of sp³-hybridized carbons (Fsp3) is 0.429. The lowest BCUT2D eigenvalue weighted by Gasteiger charge is -2.20. The number of fused-ring (bicyclic) bond motifs is 2. The fourth-order valence-electron chi connectivity index (χ4n) is 4.74. The van der Waals surface area contributed by atoms with Crippen LogP contribution in [0.3, 0.4) is 0 Å². The Kier molecular flexibility index (Phi) is 3.89. The van der Waals surface area contributed by atoms with Crippen LogP contribution in [0.2, 0.25) is 0 Å². The lowest BCUT2D eigenvalue weighted by molar-refractivity contribution is 0.0936. The van der Waals surface area contributed by atoms with E-state index >= 15 is 0 Å². The number of anilines is 1. The number of benzene rings is 1. The Morgan fingerprint density at radius 1 is 1.15 bits per heavy atom. The van der Waals surface area contributed by atoms with E-state index in [1.807, 2.05) is 18.3 Å². The molecule has 2 aromatic rings. The van der Waals surface area contributed by atoms with Crippen LogP contribution in [0.1, 0.15) is 33.9 Å². The molecule has 26 heavy (non-hydrogen) atoms. The number of hydrogen-bond donors (Lipinski definition) is 2. The molecular weight excluding hydrogens is 324 g/mol. The van der Waals surface area contributed by atoms with Gasteiger partial charge in [0.05, 0.1) is 23.5 Å². The molecule has 3 atom stereocenters. The van der Waals surface area contributed by atoms with Crippen LogP contribution in [0.15, 0.2) is 42.7 Å². The highest BCUT2D eigenvalue weighted by molar-refractivity contribution is 5.95. The van der Waals surface area contributed by atoms with Gasteiger partial charge in [0.2, 0.25) is 0 Å². The van der Waals surface area contributed by atoms with E-state index in [0.29, 0.717) is 5.56 Å². The summed E-state index contributed by atoms with van der Waals surface area (Å²) in [6.07, 6.45) is 5.57. The Morgan fingerprint density at radius 3 is 2.81 bits per heavy atom. The van der Waals surface area contributed by atoms with Gasteiger partial charge in [-0.3, -0.25) is 9.78 Å². The molecule has 0 saturated carbocycles. The molecule has 2 aliphatic heterocycles. The predicted octanol–water partition coefficient (Wildman–Crippen LogP) is 2.15. The van der Waals surface area contributed by atoms with Crippen LogP contribution in [0.25, 0.3) is 0 Å². The zero-order valence-corrected chi connectivity index (χ0v) is 14.8. The third-order valence-corrected chi connectivity index (χ3v) is 6.18. The van der Waals surface area contributed by atoms with Gasteiger partial charge in [0.25, 0.3) is 5.91 Å². The maximum absolute atomic E-state index is 12.8. The van der Waals surface area contributed by atoms with Gasteiger partial charge >= 0.3 is 0 Å². The minimum Gasteiger partial charge on any atom is -0.370 e. The molecule has 0 spiro atoms. The Bertz CT molecular complexity index is 824. The van der Waals surface area contributed by atoms with Gasteiger partial charge in [0.1, 0.15) is 0 Å². The summed E-state index contributed by atoms with van der Waals surface area (Å²) < 4.78 is 0. The molecule has 2 saturated heterocycles. The minimum atomic E-state index is -0.0258. The second kappa shape index (κ2) is 6.40. The van der Waals surface area contributed by atoms with Gasteiger partial charge in [0, 0.05) is 32.4 Å². The normalized spacial score (nSPS) is 26.6. The number of carbonyl (C=O) groups excluding carboxylic acids is 1. The van der Waals surface area contributed by atoms with Crippen LogP contribution in [-0.4, -0.2) is 37.1 Å². The van der Waals surface area contributed by atoms with Crippen molar-refractivity contribution in [1.29, 1.82) is 0 Å². The van der Waals surface area contributed by atoms with E-state index in [1.165, 1.54) is 11.1 Å². The van der Waals surface area contributed by atoms with E-state index in [9.17, 15) is 4.79 Å². The van der Waals surface area contributed by atoms with E-state index in [1.54, 1.807) is 6.20 Å². The summed E-state index contributed by atoms with van der Waals surface area (Å²) in [7, 11) is 0. The van der Waals surface area contributed by atoms with E-state index in [2.05, 4.69) is 38.7 Å². The Labute approximate surface area is 153 Å². The molecule has 1 aromatic heterocycles. The summed E-state index contributed by atoms with van der Waals surface area (Å²) in [4.78, 5) is 19.5. The first-order valence-corrected chi connectivity index (χ1v) is 9.57. The van der Waals surface area contributed by atoms with Crippen LogP contribution in [-0.2, 0) is 6.42 Å². The number of nitrogens with zero attached hydrogens (tertiary/aromatic N) is 2. The first kappa shape index (κ1) is 15.8. The molecule has 0 radical (unpaired) electrons. The van der Waals surface area contributed by atoms with Gasteiger partial charge in [-0.25, -0.2) is 0 Å². The maximum Gasteiger partial charge on any atom is 0.253 e. The summed E-state index contributed by atoms with van der Waals surface area (Å²) in [5.41, 5.74) is 4.33.